The maximum absolute atomic E-state index is 12.5. The molecule has 1 unspecified atom stereocenters. The summed E-state index contributed by atoms with van der Waals surface area (Å²) in [5.41, 5.74) is 0.650. The van der Waals surface area contributed by atoms with Crippen LogP contribution in [0.25, 0.3) is 0 Å². The van der Waals surface area contributed by atoms with Crippen molar-refractivity contribution in [2.45, 2.75) is 26.3 Å². The molecule has 1 N–H and O–H groups in total. The van der Waals surface area contributed by atoms with Crippen LogP contribution in [0, 0.1) is 0 Å². The number of benzene rings is 1. The molecule has 1 heterocycles. The van der Waals surface area contributed by atoms with Crippen molar-refractivity contribution in [3.05, 3.63) is 35.5 Å². The van der Waals surface area contributed by atoms with Crippen molar-refractivity contribution in [2.75, 3.05) is 21.3 Å². The van der Waals surface area contributed by atoms with Gasteiger partial charge in [0.1, 0.15) is 5.70 Å². The molecular weight excluding hydrogens is 358 g/mol. The Kier molecular flexibility index (Phi) is 5.91. The van der Waals surface area contributed by atoms with E-state index in [-0.39, 0.29) is 17.5 Å². The van der Waals surface area contributed by atoms with Crippen molar-refractivity contribution in [1.29, 1.82) is 0 Å². The van der Waals surface area contributed by atoms with E-state index in [9.17, 15) is 13.2 Å². The van der Waals surface area contributed by atoms with Gasteiger partial charge in [-0.2, -0.15) is 8.42 Å². The van der Waals surface area contributed by atoms with Crippen molar-refractivity contribution < 1.29 is 22.7 Å². The summed E-state index contributed by atoms with van der Waals surface area (Å²) in [5, 5.41) is 2.77. The van der Waals surface area contributed by atoms with Crippen molar-refractivity contribution in [3.63, 3.8) is 0 Å². The largest absolute Gasteiger partial charge is 0.493 e. The lowest BCUT2D eigenvalue weighted by Gasteiger charge is -2.24. The van der Waals surface area contributed by atoms with Crippen LogP contribution in [0.1, 0.15) is 25.8 Å². The molecule has 0 aromatic heterocycles. The first-order valence-corrected chi connectivity index (χ1v) is 9.47. The summed E-state index contributed by atoms with van der Waals surface area (Å²) in [6, 6.07) is 4.83. The number of ether oxygens (including phenoxy) is 2. The number of likely N-dealkylation sites (N-methyl/N-ethyl adjacent to an activating group) is 1. The molecule has 2 rings (SSSR count). The monoisotopic (exact) mass is 381 g/mol. The van der Waals surface area contributed by atoms with E-state index in [1.54, 1.807) is 18.2 Å². The molecule has 1 aliphatic heterocycles. The zero-order chi connectivity index (χ0) is 19.5. The molecule has 9 heteroatoms. The van der Waals surface area contributed by atoms with Gasteiger partial charge in [0.2, 0.25) is 0 Å². The van der Waals surface area contributed by atoms with Gasteiger partial charge in [-0.15, -0.1) is 4.40 Å². The van der Waals surface area contributed by atoms with E-state index >= 15 is 0 Å². The zero-order valence-electron chi connectivity index (χ0n) is 15.4. The highest BCUT2D eigenvalue weighted by Gasteiger charge is 2.30. The maximum atomic E-state index is 12.5. The van der Waals surface area contributed by atoms with Crippen LogP contribution in [-0.4, -0.2) is 51.7 Å². The molecule has 1 amide bonds. The fourth-order valence-corrected chi connectivity index (χ4v) is 3.21. The molecule has 8 nitrogen and oxygen atoms in total. The highest BCUT2D eigenvalue weighted by molar-refractivity contribution is 7.88. The Morgan fingerprint density at radius 3 is 2.50 bits per heavy atom. The minimum Gasteiger partial charge on any atom is -0.493 e. The van der Waals surface area contributed by atoms with Crippen molar-refractivity contribution >= 4 is 21.8 Å². The van der Waals surface area contributed by atoms with Gasteiger partial charge in [-0.05, 0) is 37.6 Å². The second-order valence-electron chi connectivity index (χ2n) is 5.80. The van der Waals surface area contributed by atoms with Gasteiger partial charge in [-0.3, -0.25) is 4.79 Å². The predicted molar refractivity (Wildman–Crippen MR) is 98.7 cm³/mol. The number of hydrogen-bond acceptors (Lipinski definition) is 5. The number of nitrogens with one attached hydrogen (secondary N) is 1. The molecule has 0 aliphatic carbocycles. The van der Waals surface area contributed by atoms with E-state index in [2.05, 4.69) is 9.71 Å². The van der Waals surface area contributed by atoms with Gasteiger partial charge in [0, 0.05) is 18.7 Å². The van der Waals surface area contributed by atoms with E-state index in [1.165, 1.54) is 27.3 Å². The van der Waals surface area contributed by atoms with Crippen LogP contribution in [0.4, 0.5) is 0 Å². The van der Waals surface area contributed by atoms with Crippen LogP contribution in [0.3, 0.4) is 0 Å². The van der Waals surface area contributed by atoms with E-state index in [1.807, 2.05) is 13.8 Å². The number of hydrogen-bond donors (Lipinski definition) is 1. The molecule has 1 aromatic carbocycles. The summed E-state index contributed by atoms with van der Waals surface area (Å²) in [6.07, 6.45) is 2.17. The normalized spacial score (nSPS) is 17.0. The number of carbonyl (C=O) groups excluding carboxylic acids is 1. The van der Waals surface area contributed by atoms with E-state index in [4.69, 9.17) is 9.47 Å². The van der Waals surface area contributed by atoms with Crippen molar-refractivity contribution in [1.82, 2.24) is 9.62 Å². The topological polar surface area (TPSA) is 97.3 Å². The van der Waals surface area contributed by atoms with Crippen LogP contribution in [-0.2, 0) is 15.0 Å². The van der Waals surface area contributed by atoms with E-state index in [0.29, 0.717) is 17.1 Å². The van der Waals surface area contributed by atoms with Crippen LogP contribution in [0.2, 0.25) is 0 Å². The molecule has 0 spiro atoms. The number of nitrogens with zero attached hydrogens (tertiary/aromatic N) is 2. The quantitative estimate of drug-likeness (QED) is 0.805. The van der Waals surface area contributed by atoms with Crippen molar-refractivity contribution in [2.24, 2.45) is 4.40 Å². The molecule has 142 valence electrons. The summed E-state index contributed by atoms with van der Waals surface area (Å²) in [6.45, 7) is 3.77. The minimum atomic E-state index is -4.01. The zero-order valence-corrected chi connectivity index (χ0v) is 16.3. The lowest BCUT2D eigenvalue weighted by atomic mass is 10.1. The Bertz CT molecular complexity index is 861. The van der Waals surface area contributed by atoms with Gasteiger partial charge < -0.3 is 14.8 Å². The standard InChI is InChI=1S/C17H23N3O5S/c1-6-11(2)18-17(21)14-10-13(19-26(22,23)20(14)3)12-7-8-15(24-4)16(9-12)25-5/h7-11H,6H2,1-5H3,(H,18,21). The predicted octanol–water partition coefficient (Wildman–Crippen LogP) is 1.48. The van der Waals surface area contributed by atoms with Gasteiger partial charge in [0.15, 0.2) is 11.5 Å². The first-order chi connectivity index (χ1) is 12.2. The number of allylic oxidation sites excluding steroid dienone is 1. The number of methoxy groups -OCH3 is 2. The molecule has 1 aromatic rings. The molecule has 0 bridgehead atoms. The average Bonchev–Trinajstić information content (AvgIpc) is 2.62. The van der Waals surface area contributed by atoms with Gasteiger partial charge in [-0.1, -0.05) is 6.92 Å². The van der Waals surface area contributed by atoms with Crippen molar-refractivity contribution in [3.8, 4) is 11.5 Å². The van der Waals surface area contributed by atoms with Gasteiger partial charge in [0.25, 0.3) is 5.91 Å². The molecule has 0 saturated carbocycles. The highest BCUT2D eigenvalue weighted by Crippen LogP contribution is 2.29. The third kappa shape index (κ3) is 3.98. The van der Waals surface area contributed by atoms with Gasteiger partial charge in [-0.25, -0.2) is 4.31 Å². The molecule has 26 heavy (non-hydrogen) atoms. The Morgan fingerprint density at radius 2 is 1.92 bits per heavy atom. The maximum Gasteiger partial charge on any atom is 0.345 e. The summed E-state index contributed by atoms with van der Waals surface area (Å²) in [5.74, 6) is 0.465. The second-order valence-corrected chi connectivity index (χ2v) is 7.43. The van der Waals surface area contributed by atoms with E-state index < -0.39 is 16.1 Å². The Labute approximate surface area is 153 Å². The fraction of sp³-hybridized carbons (Fsp3) is 0.412. The minimum absolute atomic E-state index is 0.00471. The third-order valence-corrected chi connectivity index (χ3v) is 5.39. The summed E-state index contributed by atoms with van der Waals surface area (Å²) in [7, 11) is 0.275. The molecule has 0 saturated heterocycles. The van der Waals surface area contributed by atoms with Crippen LogP contribution >= 0.6 is 0 Å². The summed E-state index contributed by atoms with van der Waals surface area (Å²) < 4.78 is 39.8. The smallest absolute Gasteiger partial charge is 0.345 e. The lowest BCUT2D eigenvalue weighted by molar-refractivity contribution is -0.119. The average molecular weight is 381 g/mol. The third-order valence-electron chi connectivity index (χ3n) is 4.07. The number of rotatable bonds is 6. The first kappa shape index (κ1) is 19.8. The Hall–Kier alpha value is -2.55. The molecular formula is C17H23N3O5S. The molecule has 1 atom stereocenters. The van der Waals surface area contributed by atoms with E-state index in [0.717, 1.165) is 10.7 Å². The van der Waals surface area contributed by atoms with Crippen LogP contribution < -0.4 is 14.8 Å². The summed E-state index contributed by atoms with van der Waals surface area (Å²) in [4.78, 5) is 12.5. The molecule has 0 radical (unpaired) electrons. The second kappa shape index (κ2) is 7.77. The number of carbonyl (C=O) groups is 1. The van der Waals surface area contributed by atoms with Gasteiger partial charge >= 0.3 is 10.2 Å². The van der Waals surface area contributed by atoms with Crippen LogP contribution in [0.15, 0.2) is 34.4 Å². The molecule has 0 fully saturated rings. The fourth-order valence-electron chi connectivity index (χ4n) is 2.30. The Morgan fingerprint density at radius 1 is 1.27 bits per heavy atom. The highest BCUT2D eigenvalue weighted by atomic mass is 32.2. The lowest BCUT2D eigenvalue weighted by Crippen LogP contribution is -2.41. The Balaban J connectivity index is 2.49. The SMILES string of the molecule is CCC(C)NC(=O)C1=CC(c2ccc(OC)c(OC)c2)=NS(=O)(=O)N1C. The summed E-state index contributed by atoms with van der Waals surface area (Å²) >= 11 is 0. The van der Waals surface area contributed by atoms with Gasteiger partial charge in [0.05, 0.1) is 19.9 Å². The number of amides is 1. The molecule has 1 aliphatic rings. The first-order valence-electron chi connectivity index (χ1n) is 8.07. The van der Waals surface area contributed by atoms with Crippen LogP contribution in [0.5, 0.6) is 11.5 Å².